The van der Waals surface area contributed by atoms with Crippen LogP contribution in [-0.4, -0.2) is 60.9 Å². The number of nitrogens with one attached hydrogen (secondary N) is 1. The van der Waals surface area contributed by atoms with Gasteiger partial charge in [0.1, 0.15) is 0 Å². The molecule has 0 saturated carbocycles. The first-order chi connectivity index (χ1) is 14.8. The van der Waals surface area contributed by atoms with E-state index in [2.05, 4.69) is 5.32 Å². The van der Waals surface area contributed by atoms with Gasteiger partial charge in [0.05, 0.1) is 18.2 Å². The lowest BCUT2D eigenvalue weighted by molar-refractivity contribution is -0.133. The maximum absolute atomic E-state index is 13.7. The molecule has 8 heteroatoms. The van der Waals surface area contributed by atoms with E-state index < -0.39 is 21.4 Å². The smallest absolute Gasteiger partial charge is 0.319 e. The van der Waals surface area contributed by atoms with Crippen LogP contribution in [-0.2, 0) is 26.6 Å². The summed E-state index contributed by atoms with van der Waals surface area (Å²) in [6, 6.07) is 18.3. The number of urea groups is 1. The summed E-state index contributed by atoms with van der Waals surface area (Å²) in [6.45, 7) is 2.54. The van der Waals surface area contributed by atoms with Crippen molar-refractivity contribution in [3.05, 3.63) is 71.8 Å². The fourth-order valence-electron chi connectivity index (χ4n) is 4.52. The van der Waals surface area contributed by atoms with Gasteiger partial charge in [0, 0.05) is 12.5 Å². The number of nitrogens with zero attached hydrogens (tertiary/aromatic N) is 2. The topological polar surface area (TPSA) is 86.8 Å². The number of rotatable bonds is 7. The maximum atomic E-state index is 13.7. The molecular weight excluding hydrogens is 414 g/mol. The van der Waals surface area contributed by atoms with Crippen LogP contribution >= 0.6 is 0 Å². The summed E-state index contributed by atoms with van der Waals surface area (Å²) < 4.78 is 23.9. The third kappa shape index (κ3) is 4.22. The van der Waals surface area contributed by atoms with Gasteiger partial charge in [0.15, 0.2) is 15.4 Å². The highest BCUT2D eigenvalue weighted by molar-refractivity contribution is 7.91. The van der Waals surface area contributed by atoms with Gasteiger partial charge in [-0.2, -0.15) is 0 Å². The SMILES string of the molecule is CCN(CN1C(=O)NC(Cc2ccccc2)(c2ccccc2)C1=O)C1CCS(=O)(=O)C1. The van der Waals surface area contributed by atoms with Gasteiger partial charge in [-0.1, -0.05) is 67.6 Å². The summed E-state index contributed by atoms with van der Waals surface area (Å²) in [5.74, 6) is -0.0962. The maximum Gasteiger partial charge on any atom is 0.326 e. The third-order valence-corrected chi connectivity index (χ3v) is 7.96. The van der Waals surface area contributed by atoms with Crippen molar-refractivity contribution in [3.63, 3.8) is 0 Å². The zero-order valence-electron chi connectivity index (χ0n) is 17.5. The van der Waals surface area contributed by atoms with E-state index in [-0.39, 0.29) is 30.1 Å². The fourth-order valence-corrected chi connectivity index (χ4v) is 6.28. The van der Waals surface area contributed by atoms with Crippen LogP contribution in [0.1, 0.15) is 24.5 Å². The molecule has 2 fully saturated rings. The number of amides is 3. The lowest BCUT2D eigenvalue weighted by atomic mass is 9.83. The molecule has 2 aliphatic heterocycles. The molecule has 2 aromatic carbocycles. The molecule has 4 rings (SSSR count). The van der Waals surface area contributed by atoms with Crippen LogP contribution in [0.4, 0.5) is 4.79 Å². The second kappa shape index (κ2) is 8.43. The number of hydrogen-bond donors (Lipinski definition) is 1. The normalized spacial score (nSPS) is 25.2. The molecule has 7 nitrogen and oxygen atoms in total. The van der Waals surface area contributed by atoms with E-state index in [1.165, 1.54) is 4.90 Å². The highest BCUT2D eigenvalue weighted by Crippen LogP contribution is 2.33. The molecule has 2 aliphatic rings. The minimum Gasteiger partial charge on any atom is -0.319 e. The second-order valence-electron chi connectivity index (χ2n) is 8.20. The average Bonchev–Trinajstić information content (AvgIpc) is 3.24. The van der Waals surface area contributed by atoms with Crippen LogP contribution < -0.4 is 5.32 Å². The minimum atomic E-state index is -3.06. The predicted octanol–water partition coefficient (Wildman–Crippen LogP) is 2.14. The molecule has 0 spiro atoms. The first kappa shape index (κ1) is 21.5. The monoisotopic (exact) mass is 441 g/mol. The van der Waals surface area contributed by atoms with Gasteiger partial charge in [0.2, 0.25) is 0 Å². The molecule has 0 radical (unpaired) electrons. The Hall–Kier alpha value is -2.71. The van der Waals surface area contributed by atoms with Crippen molar-refractivity contribution in [1.29, 1.82) is 0 Å². The zero-order chi connectivity index (χ0) is 22.1. The summed E-state index contributed by atoms with van der Waals surface area (Å²) in [5.41, 5.74) is 0.475. The Kier molecular flexibility index (Phi) is 5.85. The van der Waals surface area contributed by atoms with Crippen LogP contribution in [0.3, 0.4) is 0 Å². The van der Waals surface area contributed by atoms with E-state index in [1.54, 1.807) is 0 Å². The summed E-state index contributed by atoms with van der Waals surface area (Å²) in [4.78, 5) is 29.9. The number of imide groups is 1. The Morgan fingerprint density at radius 2 is 1.71 bits per heavy atom. The molecule has 0 aromatic heterocycles. The number of carbonyl (C=O) groups excluding carboxylic acids is 2. The molecule has 2 unspecified atom stereocenters. The number of benzene rings is 2. The van der Waals surface area contributed by atoms with E-state index in [0.29, 0.717) is 19.4 Å². The Bertz CT molecular complexity index is 1060. The van der Waals surface area contributed by atoms with Crippen molar-refractivity contribution in [2.75, 3.05) is 24.7 Å². The summed E-state index contributed by atoms with van der Waals surface area (Å²) in [5, 5.41) is 2.96. The lowest BCUT2D eigenvalue weighted by Crippen LogP contribution is -2.49. The number of carbonyl (C=O) groups is 2. The Morgan fingerprint density at radius 3 is 2.29 bits per heavy atom. The number of sulfone groups is 1. The molecule has 0 aliphatic carbocycles. The third-order valence-electron chi connectivity index (χ3n) is 6.21. The van der Waals surface area contributed by atoms with E-state index in [1.807, 2.05) is 72.5 Å². The van der Waals surface area contributed by atoms with E-state index >= 15 is 0 Å². The molecule has 31 heavy (non-hydrogen) atoms. The van der Waals surface area contributed by atoms with Gasteiger partial charge in [0.25, 0.3) is 5.91 Å². The summed E-state index contributed by atoms with van der Waals surface area (Å²) >= 11 is 0. The standard InChI is InChI=1S/C23H27N3O4S/c1-2-25(20-13-14-31(29,30)16-20)17-26-21(27)23(24-22(26)28,19-11-7-4-8-12-19)15-18-9-5-3-6-10-18/h3-12,20H,2,13-17H2,1H3,(H,24,28). The van der Waals surface area contributed by atoms with Gasteiger partial charge in [-0.05, 0) is 24.1 Å². The first-order valence-electron chi connectivity index (χ1n) is 10.5. The van der Waals surface area contributed by atoms with Gasteiger partial charge in [-0.3, -0.25) is 9.69 Å². The lowest BCUT2D eigenvalue weighted by Gasteiger charge is -2.31. The molecule has 0 bridgehead atoms. The van der Waals surface area contributed by atoms with Crippen molar-refractivity contribution >= 4 is 21.8 Å². The van der Waals surface area contributed by atoms with Gasteiger partial charge < -0.3 is 5.32 Å². The largest absolute Gasteiger partial charge is 0.326 e. The highest BCUT2D eigenvalue weighted by Gasteiger charge is 2.53. The van der Waals surface area contributed by atoms with E-state index in [4.69, 9.17) is 0 Å². The molecule has 2 saturated heterocycles. The van der Waals surface area contributed by atoms with Gasteiger partial charge >= 0.3 is 6.03 Å². The van der Waals surface area contributed by atoms with Crippen molar-refractivity contribution in [2.45, 2.75) is 31.3 Å². The Morgan fingerprint density at radius 1 is 1.06 bits per heavy atom. The Balaban J connectivity index is 1.64. The van der Waals surface area contributed by atoms with Gasteiger partial charge in [-0.15, -0.1) is 0 Å². The molecular formula is C23H27N3O4S. The second-order valence-corrected chi connectivity index (χ2v) is 10.4. The van der Waals surface area contributed by atoms with Crippen LogP contribution in [0.25, 0.3) is 0 Å². The molecule has 2 heterocycles. The van der Waals surface area contributed by atoms with E-state index in [0.717, 1.165) is 11.1 Å². The zero-order valence-corrected chi connectivity index (χ0v) is 18.3. The Labute approximate surface area is 183 Å². The highest BCUT2D eigenvalue weighted by atomic mass is 32.2. The fraction of sp³-hybridized carbons (Fsp3) is 0.391. The van der Waals surface area contributed by atoms with Crippen molar-refractivity contribution in [3.8, 4) is 0 Å². The van der Waals surface area contributed by atoms with Crippen LogP contribution in [0.15, 0.2) is 60.7 Å². The summed E-state index contributed by atoms with van der Waals surface area (Å²) in [6.07, 6.45) is 0.858. The summed E-state index contributed by atoms with van der Waals surface area (Å²) in [7, 11) is -3.06. The average molecular weight is 442 g/mol. The molecule has 2 atom stereocenters. The molecule has 1 N–H and O–H groups in total. The van der Waals surface area contributed by atoms with Crippen molar-refractivity contribution < 1.29 is 18.0 Å². The minimum absolute atomic E-state index is 0.0678. The van der Waals surface area contributed by atoms with Crippen molar-refractivity contribution in [2.24, 2.45) is 0 Å². The van der Waals surface area contributed by atoms with Crippen molar-refractivity contribution in [1.82, 2.24) is 15.1 Å². The molecule has 3 amide bonds. The predicted molar refractivity (Wildman–Crippen MR) is 118 cm³/mol. The van der Waals surface area contributed by atoms with Crippen LogP contribution in [0, 0.1) is 0 Å². The quantitative estimate of drug-likeness (QED) is 0.666. The van der Waals surface area contributed by atoms with Gasteiger partial charge in [-0.25, -0.2) is 18.1 Å². The molecule has 2 aromatic rings. The first-order valence-corrected chi connectivity index (χ1v) is 12.3. The van der Waals surface area contributed by atoms with E-state index in [9.17, 15) is 18.0 Å². The molecule has 164 valence electrons. The van der Waals surface area contributed by atoms with Crippen LogP contribution in [0.2, 0.25) is 0 Å². The number of hydrogen-bond acceptors (Lipinski definition) is 5. The van der Waals surface area contributed by atoms with Crippen LogP contribution in [0.5, 0.6) is 0 Å².